The molecule has 198 valence electrons. The number of alkyl carbamates (subject to hydrolysis) is 1. The largest absolute Gasteiger partial charge is 0.490 e. The molecule has 2 aromatic heterocycles. The molecule has 12 heteroatoms. The van der Waals surface area contributed by atoms with Crippen LogP contribution in [-0.4, -0.2) is 51.3 Å². The predicted octanol–water partition coefficient (Wildman–Crippen LogP) is 4.58. The van der Waals surface area contributed by atoms with Crippen molar-refractivity contribution in [2.45, 2.75) is 50.5 Å². The summed E-state index contributed by atoms with van der Waals surface area (Å²) in [5, 5.41) is 19.8. The lowest BCUT2D eigenvalue weighted by Gasteiger charge is -2.32. The van der Waals surface area contributed by atoms with Crippen molar-refractivity contribution in [3.63, 3.8) is 0 Å². The Hall–Kier alpha value is -3.67. The molecular weight excluding hydrogens is 496 g/mol. The van der Waals surface area contributed by atoms with Gasteiger partial charge in [-0.05, 0) is 64.1 Å². The molecule has 3 N–H and O–H groups in total. The highest BCUT2D eigenvalue weighted by atomic mass is 19.4. The van der Waals surface area contributed by atoms with Crippen molar-refractivity contribution in [2.24, 2.45) is 0 Å². The Morgan fingerprint density at radius 2 is 1.89 bits per heavy atom. The van der Waals surface area contributed by atoms with Gasteiger partial charge in [0.25, 0.3) is 0 Å². The van der Waals surface area contributed by atoms with Gasteiger partial charge in [-0.25, -0.2) is 14.2 Å². The third-order valence-electron chi connectivity index (χ3n) is 6.07. The number of amides is 1. The highest BCUT2D eigenvalue weighted by Gasteiger charge is 2.57. The molecule has 1 aliphatic rings. The Labute approximate surface area is 210 Å². The number of nitrogens with one attached hydrogen (secondary N) is 2. The molecule has 0 radical (unpaired) electrons. The maximum atomic E-state index is 14.4. The van der Waals surface area contributed by atoms with Gasteiger partial charge in [-0.1, -0.05) is 0 Å². The molecule has 37 heavy (non-hydrogen) atoms. The molecular formula is C25H26F4N4O4. The van der Waals surface area contributed by atoms with Gasteiger partial charge in [0.2, 0.25) is 5.60 Å². The van der Waals surface area contributed by atoms with Gasteiger partial charge in [0.15, 0.2) is 0 Å². The number of benzene rings is 1. The normalized spacial score (nSPS) is 19.1. The van der Waals surface area contributed by atoms with E-state index in [2.05, 4.69) is 15.2 Å². The van der Waals surface area contributed by atoms with Gasteiger partial charge in [0.05, 0.1) is 17.7 Å². The van der Waals surface area contributed by atoms with E-state index >= 15 is 0 Å². The second kappa shape index (κ2) is 9.02. The second-order valence-corrected chi connectivity index (χ2v) is 10.0. The first-order valence-electron chi connectivity index (χ1n) is 11.3. The molecule has 1 amide bonds. The Kier molecular flexibility index (Phi) is 6.43. The number of ether oxygens (including phenoxy) is 2. The number of H-pyrrole nitrogens is 1. The summed E-state index contributed by atoms with van der Waals surface area (Å²) >= 11 is 0. The van der Waals surface area contributed by atoms with Crippen LogP contribution in [0.4, 0.5) is 22.4 Å². The van der Waals surface area contributed by atoms with Gasteiger partial charge < -0.3 is 19.9 Å². The van der Waals surface area contributed by atoms with E-state index in [0.717, 1.165) is 18.2 Å². The van der Waals surface area contributed by atoms with Gasteiger partial charge in [0, 0.05) is 23.0 Å². The van der Waals surface area contributed by atoms with Crippen LogP contribution >= 0.6 is 0 Å². The monoisotopic (exact) mass is 522 g/mol. The van der Waals surface area contributed by atoms with Crippen LogP contribution in [0, 0.1) is 5.82 Å². The molecule has 3 aromatic rings. The number of pyridine rings is 1. The third kappa shape index (κ3) is 4.97. The van der Waals surface area contributed by atoms with Crippen molar-refractivity contribution in [3.05, 3.63) is 65.4 Å². The van der Waals surface area contributed by atoms with E-state index in [9.17, 15) is 27.5 Å². The first-order chi connectivity index (χ1) is 17.1. The van der Waals surface area contributed by atoms with Crippen LogP contribution in [-0.2, 0) is 15.8 Å². The average Bonchev–Trinajstić information content (AvgIpc) is 3.45. The molecule has 3 heterocycles. The van der Waals surface area contributed by atoms with Crippen LogP contribution in [0.5, 0.6) is 5.75 Å². The average molecular weight is 522 g/mol. The summed E-state index contributed by atoms with van der Waals surface area (Å²) in [7, 11) is 0. The number of nitrogens with zero attached hydrogens (tertiary/aromatic N) is 2. The van der Waals surface area contributed by atoms with Crippen LogP contribution in [0.15, 0.2) is 42.6 Å². The zero-order valence-corrected chi connectivity index (χ0v) is 20.5. The molecule has 0 saturated carbocycles. The molecule has 0 bridgehead atoms. The predicted molar refractivity (Wildman–Crippen MR) is 124 cm³/mol. The molecule has 0 saturated heterocycles. The van der Waals surface area contributed by atoms with Crippen molar-refractivity contribution in [1.82, 2.24) is 20.5 Å². The van der Waals surface area contributed by atoms with Gasteiger partial charge in [-0.3, -0.25) is 5.10 Å². The zero-order valence-electron chi connectivity index (χ0n) is 20.5. The van der Waals surface area contributed by atoms with Crippen molar-refractivity contribution < 1.29 is 36.9 Å². The number of aliphatic hydroxyl groups is 1. The standard InChI is InChI=1S/C25H26F4N4O4/c1-22(2,3)37-21(34)30-12-24(35,25(27,28)29)18-11-16-20(19(32-18)14-5-7-15(26)8-6-14)36-13-23(16,4)17-9-10-31-33-17/h5-11,35H,12-13H2,1-4H3,(H,30,34)(H,31,33)/t23-,24-/m0/s1. The fourth-order valence-electron chi connectivity index (χ4n) is 4.04. The Morgan fingerprint density at radius 1 is 1.22 bits per heavy atom. The summed E-state index contributed by atoms with van der Waals surface area (Å²) in [4.78, 5) is 16.3. The van der Waals surface area contributed by atoms with E-state index in [-0.39, 0.29) is 23.6 Å². The molecule has 2 atom stereocenters. The highest BCUT2D eigenvalue weighted by Crippen LogP contribution is 2.49. The minimum Gasteiger partial charge on any atom is -0.490 e. The van der Waals surface area contributed by atoms with Gasteiger partial charge in [-0.15, -0.1) is 0 Å². The molecule has 1 aliphatic heterocycles. The SMILES string of the molecule is CC(C)(C)OC(=O)NC[C@](O)(c1cc2c(c(-c3ccc(F)cc3)n1)OC[C@]2(C)c1ccn[nH]1)C(F)(F)F. The fourth-order valence-corrected chi connectivity index (χ4v) is 4.04. The number of halogens is 4. The van der Waals surface area contributed by atoms with E-state index in [4.69, 9.17) is 9.47 Å². The second-order valence-electron chi connectivity index (χ2n) is 10.0. The first kappa shape index (κ1) is 26.4. The minimum absolute atomic E-state index is 0.0179. The van der Waals surface area contributed by atoms with Crippen molar-refractivity contribution >= 4 is 6.09 Å². The Bertz CT molecular complexity index is 1290. The summed E-state index contributed by atoms with van der Waals surface area (Å²) in [6.45, 7) is 5.18. The third-order valence-corrected chi connectivity index (χ3v) is 6.07. The van der Waals surface area contributed by atoms with Crippen LogP contribution in [0.1, 0.15) is 44.6 Å². The molecule has 0 fully saturated rings. The minimum atomic E-state index is -5.24. The van der Waals surface area contributed by atoms with E-state index in [0.29, 0.717) is 11.3 Å². The smallest absolute Gasteiger partial charge is 0.424 e. The number of hydrogen-bond donors (Lipinski definition) is 3. The van der Waals surface area contributed by atoms with Crippen LogP contribution in [0.3, 0.4) is 0 Å². The quantitative estimate of drug-likeness (QED) is 0.423. The lowest BCUT2D eigenvalue weighted by atomic mass is 9.80. The molecule has 0 aliphatic carbocycles. The number of fused-ring (bicyclic) bond motifs is 1. The molecule has 0 spiro atoms. The van der Waals surface area contributed by atoms with Crippen molar-refractivity contribution in [2.75, 3.05) is 13.2 Å². The number of aromatic amines is 1. The number of hydrogen-bond acceptors (Lipinski definition) is 6. The van der Waals surface area contributed by atoms with Crippen LogP contribution in [0.25, 0.3) is 11.3 Å². The van der Waals surface area contributed by atoms with E-state index < -0.39 is 46.9 Å². The summed E-state index contributed by atoms with van der Waals surface area (Å²) in [6.07, 6.45) is -4.88. The number of carbonyl (C=O) groups excluding carboxylic acids is 1. The molecule has 4 rings (SSSR count). The van der Waals surface area contributed by atoms with Crippen LogP contribution < -0.4 is 10.1 Å². The van der Waals surface area contributed by atoms with Gasteiger partial charge in [0.1, 0.15) is 29.5 Å². The van der Waals surface area contributed by atoms with E-state index in [1.54, 1.807) is 33.8 Å². The van der Waals surface area contributed by atoms with E-state index in [1.165, 1.54) is 18.3 Å². The summed E-state index contributed by atoms with van der Waals surface area (Å²) in [5.74, 6) is -0.356. The van der Waals surface area contributed by atoms with E-state index in [1.807, 2.05) is 5.32 Å². The summed E-state index contributed by atoms with van der Waals surface area (Å²) in [6, 6.07) is 7.75. The molecule has 8 nitrogen and oxygen atoms in total. The number of carbonyl (C=O) groups is 1. The maximum absolute atomic E-state index is 14.4. The topological polar surface area (TPSA) is 109 Å². The van der Waals surface area contributed by atoms with Gasteiger partial charge in [-0.2, -0.15) is 18.3 Å². The maximum Gasteiger partial charge on any atom is 0.424 e. The van der Waals surface area contributed by atoms with Crippen molar-refractivity contribution in [3.8, 4) is 17.0 Å². The van der Waals surface area contributed by atoms with Crippen LogP contribution in [0.2, 0.25) is 0 Å². The summed E-state index contributed by atoms with van der Waals surface area (Å²) in [5.41, 5.74) is -5.17. The number of aromatic nitrogens is 3. The Morgan fingerprint density at radius 3 is 2.46 bits per heavy atom. The highest BCUT2D eigenvalue weighted by molar-refractivity contribution is 5.72. The first-order valence-corrected chi connectivity index (χ1v) is 11.3. The number of rotatable bonds is 5. The fraction of sp³-hybridized carbons (Fsp3) is 0.400. The lowest BCUT2D eigenvalue weighted by Crippen LogP contribution is -2.52. The lowest BCUT2D eigenvalue weighted by molar-refractivity contribution is -0.265. The zero-order chi connectivity index (χ0) is 27.2. The summed E-state index contributed by atoms with van der Waals surface area (Å²) < 4.78 is 67.7. The molecule has 0 unspecified atom stereocenters. The Balaban J connectivity index is 1.88. The molecule has 1 aromatic carbocycles. The van der Waals surface area contributed by atoms with Gasteiger partial charge >= 0.3 is 12.3 Å². The number of alkyl halides is 3. The van der Waals surface area contributed by atoms with Crippen molar-refractivity contribution in [1.29, 1.82) is 0 Å².